The molecule has 0 saturated carbocycles. The van der Waals surface area contributed by atoms with Crippen LogP contribution >= 0.6 is 23.2 Å². The van der Waals surface area contributed by atoms with Crippen molar-refractivity contribution in [3.05, 3.63) is 111 Å². The zero-order valence-electron chi connectivity index (χ0n) is 21.0. The van der Waals surface area contributed by atoms with Crippen molar-refractivity contribution in [2.75, 3.05) is 13.2 Å². The normalized spacial score (nSPS) is 21.3. The van der Waals surface area contributed by atoms with E-state index in [0.717, 1.165) is 11.1 Å². The second kappa shape index (κ2) is 11.8. The first-order valence-corrected chi connectivity index (χ1v) is 13.4. The average Bonchev–Trinajstić information content (AvgIpc) is 3.33. The van der Waals surface area contributed by atoms with E-state index in [4.69, 9.17) is 27.9 Å². The Bertz CT molecular complexity index is 1400. The highest BCUT2D eigenvalue weighted by atomic mass is 35.5. The summed E-state index contributed by atoms with van der Waals surface area (Å²) in [7, 11) is 0. The molecule has 4 atom stereocenters. The number of amides is 2. The summed E-state index contributed by atoms with van der Waals surface area (Å²) in [5.41, 5.74) is 2.61. The summed E-state index contributed by atoms with van der Waals surface area (Å²) >= 11 is 12.6. The zero-order valence-corrected chi connectivity index (χ0v) is 22.5. The summed E-state index contributed by atoms with van der Waals surface area (Å²) in [6, 6.07) is 20.8. The van der Waals surface area contributed by atoms with E-state index in [0.29, 0.717) is 26.9 Å². The Labute approximate surface area is 236 Å². The van der Waals surface area contributed by atoms with Gasteiger partial charge in [-0.3, -0.25) is 9.59 Å². The monoisotopic (exact) mass is 566 g/mol. The number of para-hydroxylation sites is 1. The lowest BCUT2D eigenvalue weighted by Gasteiger charge is -2.41. The summed E-state index contributed by atoms with van der Waals surface area (Å²) in [5.74, 6) is -0.597. The number of ether oxygens (including phenoxy) is 1. The Morgan fingerprint density at radius 3 is 2.49 bits per heavy atom. The molecule has 1 heterocycles. The summed E-state index contributed by atoms with van der Waals surface area (Å²) in [6.07, 6.45) is -0.191. The number of carbonyl (C=O) groups excluding carboxylic acids is 2. The first-order valence-electron chi connectivity index (χ1n) is 12.7. The van der Waals surface area contributed by atoms with Crippen LogP contribution in [0.4, 0.5) is 0 Å². The van der Waals surface area contributed by atoms with E-state index in [2.05, 4.69) is 5.32 Å². The maximum Gasteiger partial charge on any atom is 0.247 e. The van der Waals surface area contributed by atoms with Crippen LogP contribution in [0.3, 0.4) is 0 Å². The molecule has 7 nitrogen and oxygen atoms in total. The Hall–Kier alpha value is -3.36. The Balaban J connectivity index is 1.57. The molecule has 202 valence electrons. The van der Waals surface area contributed by atoms with Gasteiger partial charge in [-0.25, -0.2) is 0 Å². The van der Waals surface area contributed by atoms with Gasteiger partial charge in [0.15, 0.2) is 0 Å². The SMILES string of the molecule is O=C(NCCO)C1=C[C@@H](N(Cc2ccc(Cl)cc2Cl)C(=O)Cc2ccccc2)[C@H](O)[C@H]2Oc3ccccc3[C@@H]12. The van der Waals surface area contributed by atoms with Gasteiger partial charge in [-0.05, 0) is 35.4 Å². The van der Waals surface area contributed by atoms with Gasteiger partial charge in [0, 0.05) is 34.3 Å². The minimum absolute atomic E-state index is 0.0698. The number of hydrogen-bond donors (Lipinski definition) is 3. The van der Waals surface area contributed by atoms with Gasteiger partial charge in [0.1, 0.15) is 18.0 Å². The van der Waals surface area contributed by atoms with Gasteiger partial charge in [-0.2, -0.15) is 0 Å². The fraction of sp³-hybridized carbons (Fsp3) is 0.267. The lowest BCUT2D eigenvalue weighted by atomic mass is 9.77. The molecule has 39 heavy (non-hydrogen) atoms. The van der Waals surface area contributed by atoms with Crippen LogP contribution in [0, 0.1) is 0 Å². The lowest BCUT2D eigenvalue weighted by Crippen LogP contribution is -2.55. The number of nitrogens with one attached hydrogen (secondary N) is 1. The molecule has 0 spiro atoms. The van der Waals surface area contributed by atoms with Gasteiger partial charge in [0.05, 0.1) is 25.0 Å². The molecule has 1 aliphatic carbocycles. The highest BCUT2D eigenvalue weighted by Gasteiger charge is 2.50. The summed E-state index contributed by atoms with van der Waals surface area (Å²) in [5, 5.41) is 24.5. The van der Waals surface area contributed by atoms with Crippen molar-refractivity contribution in [1.82, 2.24) is 10.2 Å². The van der Waals surface area contributed by atoms with Gasteiger partial charge in [-0.15, -0.1) is 0 Å². The van der Waals surface area contributed by atoms with Gasteiger partial charge in [-0.1, -0.05) is 77.8 Å². The van der Waals surface area contributed by atoms with Crippen molar-refractivity contribution in [3.8, 4) is 5.75 Å². The molecule has 0 bridgehead atoms. The van der Waals surface area contributed by atoms with E-state index in [9.17, 15) is 19.8 Å². The zero-order chi connectivity index (χ0) is 27.5. The molecule has 0 radical (unpaired) electrons. The van der Waals surface area contributed by atoms with Crippen molar-refractivity contribution < 1.29 is 24.5 Å². The number of carbonyl (C=O) groups is 2. The predicted octanol–water partition coefficient (Wildman–Crippen LogP) is 3.89. The number of aliphatic hydroxyl groups is 2. The van der Waals surface area contributed by atoms with E-state index in [1.807, 2.05) is 48.5 Å². The van der Waals surface area contributed by atoms with E-state index in [1.54, 1.807) is 30.3 Å². The van der Waals surface area contributed by atoms with E-state index >= 15 is 0 Å². The third kappa shape index (κ3) is 5.68. The van der Waals surface area contributed by atoms with Crippen molar-refractivity contribution in [3.63, 3.8) is 0 Å². The van der Waals surface area contributed by atoms with Crippen LogP contribution in [0.5, 0.6) is 5.75 Å². The highest BCUT2D eigenvalue weighted by Crippen LogP contribution is 2.47. The molecule has 0 fully saturated rings. The molecule has 3 aromatic carbocycles. The molecule has 0 saturated heterocycles. The smallest absolute Gasteiger partial charge is 0.247 e. The summed E-state index contributed by atoms with van der Waals surface area (Å²) < 4.78 is 6.17. The highest BCUT2D eigenvalue weighted by molar-refractivity contribution is 6.35. The quantitative estimate of drug-likeness (QED) is 0.384. The van der Waals surface area contributed by atoms with E-state index < -0.39 is 30.1 Å². The minimum atomic E-state index is -1.14. The Morgan fingerprint density at radius 2 is 1.74 bits per heavy atom. The van der Waals surface area contributed by atoms with Crippen LogP contribution in [0.1, 0.15) is 22.6 Å². The number of halogens is 2. The molecule has 9 heteroatoms. The number of rotatable bonds is 8. The number of benzene rings is 3. The molecule has 2 aliphatic rings. The van der Waals surface area contributed by atoms with Crippen molar-refractivity contribution in [2.24, 2.45) is 0 Å². The van der Waals surface area contributed by atoms with Crippen LogP contribution in [0.2, 0.25) is 10.0 Å². The average molecular weight is 567 g/mol. The third-order valence-electron chi connectivity index (χ3n) is 7.11. The second-order valence-electron chi connectivity index (χ2n) is 9.60. The maximum atomic E-state index is 13.8. The number of fused-ring (bicyclic) bond motifs is 3. The molecular formula is C30H28Cl2N2O5. The van der Waals surface area contributed by atoms with Gasteiger partial charge in [0.25, 0.3) is 0 Å². The van der Waals surface area contributed by atoms with Crippen molar-refractivity contribution >= 4 is 35.0 Å². The molecule has 0 aromatic heterocycles. The first kappa shape index (κ1) is 27.2. The standard InChI is InChI=1S/C30H28Cl2N2O5/c31-20-11-10-19(23(32)15-20)17-34(26(36)14-18-6-2-1-3-7-18)24-16-22(30(38)33-12-13-35)27-21-8-4-5-9-25(21)39-29(27)28(24)37/h1-11,15-16,24,27-29,35,37H,12-14,17H2,(H,33,38)/t24-,27+,28+,29+/m1/s1. The van der Waals surface area contributed by atoms with Gasteiger partial charge >= 0.3 is 0 Å². The van der Waals surface area contributed by atoms with E-state index in [1.165, 1.54) is 4.90 Å². The molecule has 0 unspecified atom stereocenters. The predicted molar refractivity (Wildman–Crippen MR) is 149 cm³/mol. The molecule has 3 N–H and O–H groups in total. The second-order valence-corrected chi connectivity index (χ2v) is 10.4. The molecule has 5 rings (SSSR count). The van der Waals surface area contributed by atoms with Gasteiger partial charge in [0.2, 0.25) is 11.8 Å². The topological polar surface area (TPSA) is 99.1 Å². The summed E-state index contributed by atoms with van der Waals surface area (Å²) in [6.45, 7) is -0.0703. The number of hydrogen-bond acceptors (Lipinski definition) is 5. The van der Waals surface area contributed by atoms with E-state index in [-0.39, 0.29) is 32.0 Å². The first-order chi connectivity index (χ1) is 18.9. The fourth-order valence-electron chi connectivity index (χ4n) is 5.26. The maximum absolute atomic E-state index is 13.8. The van der Waals surface area contributed by atoms with Crippen molar-refractivity contribution in [1.29, 1.82) is 0 Å². The lowest BCUT2D eigenvalue weighted by molar-refractivity contribution is -0.137. The van der Waals surface area contributed by atoms with Gasteiger partial charge < -0.3 is 25.2 Å². The van der Waals surface area contributed by atoms with Crippen LogP contribution in [0.25, 0.3) is 0 Å². The van der Waals surface area contributed by atoms with Crippen LogP contribution in [-0.2, 0) is 22.6 Å². The largest absolute Gasteiger partial charge is 0.486 e. The van der Waals surface area contributed by atoms with Crippen LogP contribution < -0.4 is 10.1 Å². The number of aliphatic hydroxyl groups excluding tert-OH is 2. The summed E-state index contributed by atoms with van der Waals surface area (Å²) in [4.78, 5) is 28.7. The van der Waals surface area contributed by atoms with Crippen LogP contribution in [-0.4, -0.2) is 58.3 Å². The molecule has 1 aliphatic heterocycles. The molecule has 2 amide bonds. The van der Waals surface area contributed by atoms with Crippen LogP contribution in [0.15, 0.2) is 84.4 Å². The molecule has 3 aromatic rings. The third-order valence-corrected chi connectivity index (χ3v) is 7.70. The minimum Gasteiger partial charge on any atom is -0.486 e. The Morgan fingerprint density at radius 1 is 1.00 bits per heavy atom. The fourth-order valence-corrected chi connectivity index (χ4v) is 5.72. The number of nitrogens with zero attached hydrogens (tertiary/aromatic N) is 1. The Kier molecular flexibility index (Phi) is 8.23. The van der Waals surface area contributed by atoms with Crippen molar-refractivity contribution in [2.45, 2.75) is 37.1 Å². The molecular weight excluding hydrogens is 539 g/mol.